The predicted molar refractivity (Wildman–Crippen MR) is 46.7 cm³/mol. The van der Waals surface area contributed by atoms with Gasteiger partial charge in [-0.25, -0.2) is 9.78 Å². The fourth-order valence-electron chi connectivity index (χ4n) is 1.08. The monoisotopic (exact) mass is 177 g/mol. The number of aromatic hydroxyl groups is 1. The van der Waals surface area contributed by atoms with Crippen LogP contribution in [0, 0.1) is 6.92 Å². The third-order valence-electron chi connectivity index (χ3n) is 1.73. The maximum atomic E-state index is 11.0. The fourth-order valence-corrected chi connectivity index (χ4v) is 1.08. The van der Waals surface area contributed by atoms with Crippen LogP contribution in [0.1, 0.15) is 5.69 Å². The lowest BCUT2D eigenvalue weighted by atomic mass is 10.3. The molecule has 2 aromatic rings. The minimum absolute atomic E-state index is 0.0568. The van der Waals surface area contributed by atoms with E-state index in [1.807, 2.05) is 0 Å². The van der Waals surface area contributed by atoms with E-state index >= 15 is 0 Å². The number of rotatable bonds is 0. The van der Waals surface area contributed by atoms with E-state index in [2.05, 4.69) is 4.98 Å². The number of benzene rings is 1. The van der Waals surface area contributed by atoms with Crippen molar-refractivity contribution in [1.29, 1.82) is 0 Å². The summed E-state index contributed by atoms with van der Waals surface area (Å²) in [6.07, 6.45) is 0. The van der Waals surface area contributed by atoms with Gasteiger partial charge in [-0.2, -0.15) is 0 Å². The molecule has 0 saturated carbocycles. The first-order chi connectivity index (χ1) is 6.16. The quantitative estimate of drug-likeness (QED) is 0.656. The highest BCUT2D eigenvalue weighted by Gasteiger charge is 2.02. The van der Waals surface area contributed by atoms with Gasteiger partial charge in [0.15, 0.2) is 5.58 Å². The molecule has 0 bridgehead atoms. The second-order valence-electron chi connectivity index (χ2n) is 2.74. The number of fused-ring (bicyclic) bond motifs is 1. The lowest BCUT2D eigenvalue weighted by Crippen LogP contribution is -2.05. The smallest absolute Gasteiger partial charge is 0.357 e. The molecule has 66 valence electrons. The van der Waals surface area contributed by atoms with E-state index in [0.717, 1.165) is 0 Å². The van der Waals surface area contributed by atoms with Crippen LogP contribution in [0.5, 0.6) is 5.75 Å². The van der Waals surface area contributed by atoms with Crippen LogP contribution in [-0.4, -0.2) is 10.1 Å². The predicted octanol–water partition coefficient (Wildman–Crippen LogP) is 1.20. The van der Waals surface area contributed by atoms with Crippen LogP contribution in [-0.2, 0) is 0 Å². The average Bonchev–Trinajstić information content (AvgIpc) is 2.08. The molecule has 13 heavy (non-hydrogen) atoms. The topological polar surface area (TPSA) is 63.3 Å². The maximum absolute atomic E-state index is 11.0. The van der Waals surface area contributed by atoms with Gasteiger partial charge >= 0.3 is 5.63 Å². The summed E-state index contributed by atoms with van der Waals surface area (Å²) < 4.78 is 4.90. The molecule has 0 atom stereocenters. The Morgan fingerprint density at radius 2 is 2.23 bits per heavy atom. The zero-order valence-corrected chi connectivity index (χ0v) is 6.94. The molecule has 2 rings (SSSR count). The van der Waals surface area contributed by atoms with Crippen molar-refractivity contribution in [2.45, 2.75) is 6.92 Å². The van der Waals surface area contributed by atoms with E-state index in [0.29, 0.717) is 16.8 Å². The van der Waals surface area contributed by atoms with E-state index in [9.17, 15) is 4.79 Å². The van der Waals surface area contributed by atoms with Crippen LogP contribution in [0.15, 0.2) is 27.4 Å². The number of hydrogen-bond donors (Lipinski definition) is 1. The molecule has 0 spiro atoms. The molecule has 1 aromatic heterocycles. The summed E-state index contributed by atoms with van der Waals surface area (Å²) >= 11 is 0. The van der Waals surface area contributed by atoms with Gasteiger partial charge in [0.1, 0.15) is 17.0 Å². The number of aromatic nitrogens is 1. The fraction of sp³-hybridized carbons (Fsp3) is 0.111. The summed E-state index contributed by atoms with van der Waals surface area (Å²) in [7, 11) is 0. The van der Waals surface area contributed by atoms with Gasteiger partial charge in [-0.3, -0.25) is 0 Å². The van der Waals surface area contributed by atoms with E-state index in [1.165, 1.54) is 12.1 Å². The van der Waals surface area contributed by atoms with Crippen molar-refractivity contribution in [2.75, 3.05) is 0 Å². The van der Waals surface area contributed by atoms with Crippen LogP contribution in [0.2, 0.25) is 0 Å². The van der Waals surface area contributed by atoms with Gasteiger partial charge in [-0.05, 0) is 19.1 Å². The summed E-state index contributed by atoms with van der Waals surface area (Å²) in [5.41, 5.74) is 0.710. The number of phenols is 1. The third-order valence-corrected chi connectivity index (χ3v) is 1.73. The Morgan fingerprint density at radius 1 is 1.46 bits per heavy atom. The summed E-state index contributed by atoms with van der Waals surface area (Å²) in [5.74, 6) is 0.0568. The second-order valence-corrected chi connectivity index (χ2v) is 2.74. The first-order valence-electron chi connectivity index (χ1n) is 3.77. The maximum Gasteiger partial charge on any atom is 0.357 e. The Labute approximate surface area is 73.5 Å². The highest BCUT2D eigenvalue weighted by atomic mass is 16.4. The first kappa shape index (κ1) is 7.79. The lowest BCUT2D eigenvalue weighted by Gasteiger charge is -1.96. The molecule has 0 saturated heterocycles. The summed E-state index contributed by atoms with van der Waals surface area (Å²) in [4.78, 5) is 15.0. The minimum atomic E-state index is -0.474. The van der Waals surface area contributed by atoms with E-state index in [1.54, 1.807) is 13.0 Å². The molecule has 4 heteroatoms. The van der Waals surface area contributed by atoms with Gasteiger partial charge in [0.2, 0.25) is 0 Å². The molecule has 0 radical (unpaired) electrons. The van der Waals surface area contributed by atoms with Crippen molar-refractivity contribution < 1.29 is 9.52 Å². The molecule has 0 unspecified atom stereocenters. The van der Waals surface area contributed by atoms with Gasteiger partial charge in [-0.15, -0.1) is 0 Å². The van der Waals surface area contributed by atoms with Crippen molar-refractivity contribution in [3.8, 4) is 5.75 Å². The molecule has 0 aliphatic rings. The van der Waals surface area contributed by atoms with Crippen LogP contribution >= 0.6 is 0 Å². The van der Waals surface area contributed by atoms with Crippen molar-refractivity contribution >= 4 is 11.1 Å². The van der Waals surface area contributed by atoms with E-state index in [-0.39, 0.29) is 5.75 Å². The van der Waals surface area contributed by atoms with Crippen molar-refractivity contribution in [1.82, 2.24) is 4.98 Å². The van der Waals surface area contributed by atoms with Gasteiger partial charge in [0, 0.05) is 6.07 Å². The van der Waals surface area contributed by atoms with Gasteiger partial charge < -0.3 is 9.52 Å². The van der Waals surface area contributed by atoms with Gasteiger partial charge in [-0.1, -0.05) is 0 Å². The highest BCUT2D eigenvalue weighted by Crippen LogP contribution is 2.16. The van der Waals surface area contributed by atoms with Crippen LogP contribution in [0.3, 0.4) is 0 Å². The summed E-state index contributed by atoms with van der Waals surface area (Å²) in [5, 5.41) is 9.10. The lowest BCUT2D eigenvalue weighted by molar-refractivity contribution is 0.472. The molecule has 0 fully saturated rings. The molecule has 1 N–H and O–H groups in total. The van der Waals surface area contributed by atoms with Crippen molar-refractivity contribution in [3.63, 3.8) is 0 Å². The van der Waals surface area contributed by atoms with Crippen molar-refractivity contribution in [3.05, 3.63) is 34.3 Å². The second kappa shape index (κ2) is 2.58. The zero-order valence-electron chi connectivity index (χ0n) is 6.94. The van der Waals surface area contributed by atoms with Gasteiger partial charge in [0.05, 0.1) is 0 Å². The molecule has 1 heterocycles. The molecular formula is C9H7NO3. The van der Waals surface area contributed by atoms with Crippen LogP contribution in [0.25, 0.3) is 11.1 Å². The number of nitrogens with zero attached hydrogens (tertiary/aromatic N) is 1. The Kier molecular flexibility index (Phi) is 1.55. The standard InChI is InChI=1S/C9H7NO3/c1-5-9(12)13-8-4-6(11)2-3-7(8)10-5/h2-4,11H,1H3. The molecule has 4 nitrogen and oxygen atoms in total. The molecule has 0 amide bonds. The summed E-state index contributed by atoms with van der Waals surface area (Å²) in [6.45, 7) is 1.58. The Hall–Kier alpha value is -1.84. The molecule has 1 aromatic carbocycles. The first-order valence-corrected chi connectivity index (χ1v) is 3.77. The normalized spacial score (nSPS) is 10.5. The van der Waals surface area contributed by atoms with E-state index in [4.69, 9.17) is 9.52 Å². The Balaban J connectivity index is 2.89. The molecular weight excluding hydrogens is 170 g/mol. The Morgan fingerprint density at radius 3 is 3.00 bits per heavy atom. The van der Waals surface area contributed by atoms with Crippen molar-refractivity contribution in [2.24, 2.45) is 0 Å². The van der Waals surface area contributed by atoms with Gasteiger partial charge in [0.25, 0.3) is 0 Å². The van der Waals surface area contributed by atoms with E-state index < -0.39 is 5.63 Å². The highest BCUT2D eigenvalue weighted by molar-refractivity contribution is 5.73. The largest absolute Gasteiger partial charge is 0.508 e. The Bertz CT molecular complexity index is 516. The molecule has 0 aliphatic carbocycles. The number of aryl methyl sites for hydroxylation is 1. The minimum Gasteiger partial charge on any atom is -0.508 e. The van der Waals surface area contributed by atoms with Crippen LogP contribution in [0.4, 0.5) is 0 Å². The molecule has 0 aliphatic heterocycles. The third kappa shape index (κ3) is 1.26. The van der Waals surface area contributed by atoms with Crippen LogP contribution < -0.4 is 5.63 Å². The summed E-state index contributed by atoms with van der Waals surface area (Å²) in [6, 6.07) is 4.46. The SMILES string of the molecule is Cc1nc2ccc(O)cc2oc1=O. The number of phenolic OH excluding ortho intramolecular Hbond substituents is 1. The average molecular weight is 177 g/mol. The zero-order chi connectivity index (χ0) is 9.42. The number of hydrogen-bond acceptors (Lipinski definition) is 4.